The minimum absolute atomic E-state index is 0.130. The van der Waals surface area contributed by atoms with Crippen molar-refractivity contribution in [1.29, 1.82) is 0 Å². The number of carbonyl (C=O) groups is 1. The molecule has 116 valence electrons. The lowest BCUT2D eigenvalue weighted by Gasteiger charge is -2.34. The number of hydrogen-bond donors (Lipinski definition) is 0. The molecular weight excluding hydrogens is 280 g/mol. The first-order valence-electron chi connectivity index (χ1n) is 7.46. The van der Waals surface area contributed by atoms with E-state index >= 15 is 0 Å². The zero-order chi connectivity index (χ0) is 15.5. The van der Waals surface area contributed by atoms with Crippen molar-refractivity contribution in [3.8, 4) is 0 Å². The fourth-order valence-corrected chi connectivity index (χ4v) is 2.92. The van der Waals surface area contributed by atoms with Crippen molar-refractivity contribution in [3.63, 3.8) is 0 Å². The molecule has 0 amide bonds. The number of nitrogens with zero attached hydrogens (tertiary/aromatic N) is 2. The highest BCUT2D eigenvalue weighted by atomic mass is 16.5. The number of esters is 1. The van der Waals surface area contributed by atoms with Crippen LogP contribution in [0.4, 0.5) is 5.69 Å². The normalized spacial score (nSPS) is 18.5. The first kappa shape index (κ1) is 14.8. The third-order valence-electron chi connectivity index (χ3n) is 4.05. The number of fused-ring (bicyclic) bond motifs is 1. The first-order chi connectivity index (χ1) is 10.7. The van der Waals surface area contributed by atoms with Gasteiger partial charge in [-0.3, -0.25) is 9.78 Å². The van der Waals surface area contributed by atoms with Crippen molar-refractivity contribution < 1.29 is 14.3 Å². The summed E-state index contributed by atoms with van der Waals surface area (Å²) in [6.45, 7) is 4.17. The van der Waals surface area contributed by atoms with Gasteiger partial charge in [-0.1, -0.05) is 18.2 Å². The number of para-hydroxylation sites is 1. The fraction of sp³-hybridized carbons (Fsp3) is 0.412. The van der Waals surface area contributed by atoms with Gasteiger partial charge in [-0.15, -0.1) is 0 Å². The number of morpholine rings is 1. The predicted molar refractivity (Wildman–Crippen MR) is 85.1 cm³/mol. The van der Waals surface area contributed by atoms with Gasteiger partial charge < -0.3 is 14.4 Å². The van der Waals surface area contributed by atoms with Gasteiger partial charge in [0.15, 0.2) is 0 Å². The van der Waals surface area contributed by atoms with Gasteiger partial charge in [0.05, 0.1) is 31.8 Å². The summed E-state index contributed by atoms with van der Waals surface area (Å²) in [5.74, 6) is -0.234. The highest BCUT2D eigenvalue weighted by Gasteiger charge is 2.24. The SMILES string of the molecule is COC(=O)C[C@H]1CN(c2ccnc3c(C)cccc23)CCO1. The summed E-state index contributed by atoms with van der Waals surface area (Å²) in [5, 5.41) is 1.14. The minimum atomic E-state index is -0.234. The summed E-state index contributed by atoms with van der Waals surface area (Å²) in [6, 6.07) is 8.24. The molecule has 0 saturated carbocycles. The van der Waals surface area contributed by atoms with Crippen LogP contribution in [0.1, 0.15) is 12.0 Å². The summed E-state index contributed by atoms with van der Waals surface area (Å²) >= 11 is 0. The zero-order valence-corrected chi connectivity index (χ0v) is 12.9. The Morgan fingerprint density at radius 3 is 3.14 bits per heavy atom. The minimum Gasteiger partial charge on any atom is -0.469 e. The van der Waals surface area contributed by atoms with Gasteiger partial charge >= 0.3 is 5.97 Å². The largest absolute Gasteiger partial charge is 0.469 e. The van der Waals surface area contributed by atoms with Crippen LogP contribution in [0.2, 0.25) is 0 Å². The Labute approximate surface area is 129 Å². The number of aromatic nitrogens is 1. The number of ether oxygens (including phenoxy) is 2. The molecule has 0 N–H and O–H groups in total. The molecule has 2 aromatic rings. The molecule has 1 saturated heterocycles. The lowest BCUT2D eigenvalue weighted by Crippen LogP contribution is -2.43. The van der Waals surface area contributed by atoms with E-state index in [1.807, 2.05) is 12.3 Å². The summed E-state index contributed by atoms with van der Waals surface area (Å²) in [5.41, 5.74) is 3.33. The van der Waals surface area contributed by atoms with Gasteiger partial charge in [0, 0.05) is 30.4 Å². The monoisotopic (exact) mass is 300 g/mol. The van der Waals surface area contributed by atoms with Gasteiger partial charge in [0.2, 0.25) is 0 Å². The van der Waals surface area contributed by atoms with Gasteiger partial charge in [-0.05, 0) is 18.6 Å². The predicted octanol–water partition coefficient (Wildman–Crippen LogP) is 2.31. The Hall–Kier alpha value is -2.14. The summed E-state index contributed by atoms with van der Waals surface area (Å²) < 4.78 is 10.4. The maximum Gasteiger partial charge on any atom is 0.308 e. The van der Waals surface area contributed by atoms with Crippen LogP contribution >= 0.6 is 0 Å². The van der Waals surface area contributed by atoms with Gasteiger partial charge in [0.1, 0.15) is 0 Å². The molecule has 0 radical (unpaired) electrons. The topological polar surface area (TPSA) is 51.7 Å². The maximum absolute atomic E-state index is 11.4. The second-order valence-electron chi connectivity index (χ2n) is 5.52. The summed E-state index contributed by atoms with van der Waals surface area (Å²) in [6.07, 6.45) is 2.00. The van der Waals surface area contributed by atoms with Crippen molar-refractivity contribution in [3.05, 3.63) is 36.0 Å². The molecule has 1 aromatic heterocycles. The number of aryl methyl sites for hydroxylation is 1. The van der Waals surface area contributed by atoms with Crippen LogP contribution in [-0.2, 0) is 14.3 Å². The van der Waals surface area contributed by atoms with Crippen LogP contribution in [0.3, 0.4) is 0 Å². The van der Waals surface area contributed by atoms with E-state index in [-0.39, 0.29) is 18.5 Å². The lowest BCUT2D eigenvalue weighted by atomic mass is 10.1. The van der Waals surface area contributed by atoms with Crippen molar-refractivity contribution in [1.82, 2.24) is 4.98 Å². The Balaban J connectivity index is 1.87. The number of rotatable bonds is 3. The number of benzene rings is 1. The first-order valence-corrected chi connectivity index (χ1v) is 7.46. The van der Waals surface area contributed by atoms with Crippen LogP contribution in [0.15, 0.2) is 30.5 Å². The standard InChI is InChI=1S/C17H20N2O3/c1-12-4-3-5-14-15(6-7-18-17(12)14)19-8-9-22-13(11-19)10-16(20)21-2/h3-7,13H,8-11H2,1-2H3/t13-/m0/s1. The average Bonchev–Trinajstić information content (AvgIpc) is 2.55. The smallest absolute Gasteiger partial charge is 0.308 e. The molecule has 0 spiro atoms. The fourth-order valence-electron chi connectivity index (χ4n) is 2.92. The van der Waals surface area contributed by atoms with Crippen LogP contribution in [-0.4, -0.2) is 43.9 Å². The van der Waals surface area contributed by atoms with Crippen LogP contribution in [0.25, 0.3) is 10.9 Å². The quantitative estimate of drug-likeness (QED) is 0.814. The molecule has 5 nitrogen and oxygen atoms in total. The van der Waals surface area contributed by atoms with E-state index in [4.69, 9.17) is 9.47 Å². The van der Waals surface area contributed by atoms with E-state index in [1.165, 1.54) is 12.7 Å². The Morgan fingerprint density at radius 1 is 1.45 bits per heavy atom. The van der Waals surface area contributed by atoms with Gasteiger partial charge in [0.25, 0.3) is 0 Å². The molecule has 1 aliphatic rings. The van der Waals surface area contributed by atoms with Crippen molar-refractivity contribution in [2.45, 2.75) is 19.4 Å². The zero-order valence-electron chi connectivity index (χ0n) is 12.9. The molecule has 1 aliphatic heterocycles. The Morgan fingerprint density at radius 2 is 2.32 bits per heavy atom. The number of carbonyl (C=O) groups excluding carboxylic acids is 1. The number of pyridine rings is 1. The summed E-state index contributed by atoms with van der Waals surface area (Å²) in [4.78, 5) is 18.2. The second-order valence-corrected chi connectivity index (χ2v) is 5.52. The molecule has 0 bridgehead atoms. The molecule has 1 atom stereocenters. The van der Waals surface area contributed by atoms with E-state index in [9.17, 15) is 4.79 Å². The van der Waals surface area contributed by atoms with E-state index in [2.05, 4.69) is 35.0 Å². The molecule has 5 heteroatoms. The van der Waals surface area contributed by atoms with Crippen LogP contribution in [0, 0.1) is 6.92 Å². The molecule has 1 aromatic carbocycles. The number of hydrogen-bond acceptors (Lipinski definition) is 5. The number of anilines is 1. The van der Waals surface area contributed by atoms with E-state index in [1.54, 1.807) is 0 Å². The van der Waals surface area contributed by atoms with Crippen molar-refractivity contribution in [2.75, 3.05) is 31.7 Å². The molecule has 0 aliphatic carbocycles. The highest BCUT2D eigenvalue weighted by Crippen LogP contribution is 2.28. The van der Waals surface area contributed by atoms with Crippen LogP contribution < -0.4 is 4.90 Å². The van der Waals surface area contributed by atoms with E-state index in [0.29, 0.717) is 13.2 Å². The molecular formula is C17H20N2O3. The average molecular weight is 300 g/mol. The molecule has 22 heavy (non-hydrogen) atoms. The Kier molecular flexibility index (Phi) is 4.24. The molecule has 1 fully saturated rings. The molecule has 2 heterocycles. The van der Waals surface area contributed by atoms with Crippen molar-refractivity contribution in [2.24, 2.45) is 0 Å². The third-order valence-corrected chi connectivity index (χ3v) is 4.05. The van der Waals surface area contributed by atoms with E-state index in [0.717, 1.165) is 23.1 Å². The Bertz CT molecular complexity index is 687. The molecule has 0 unspecified atom stereocenters. The van der Waals surface area contributed by atoms with E-state index < -0.39 is 0 Å². The third kappa shape index (κ3) is 2.90. The number of methoxy groups -OCH3 is 1. The van der Waals surface area contributed by atoms with Gasteiger partial charge in [-0.25, -0.2) is 0 Å². The summed E-state index contributed by atoms with van der Waals surface area (Å²) in [7, 11) is 1.40. The maximum atomic E-state index is 11.4. The van der Waals surface area contributed by atoms with Crippen LogP contribution in [0.5, 0.6) is 0 Å². The second kappa shape index (κ2) is 6.32. The molecule has 3 rings (SSSR count). The van der Waals surface area contributed by atoms with Gasteiger partial charge in [-0.2, -0.15) is 0 Å². The lowest BCUT2D eigenvalue weighted by molar-refractivity contribution is -0.144. The highest BCUT2D eigenvalue weighted by molar-refractivity contribution is 5.93. The van der Waals surface area contributed by atoms with Crippen molar-refractivity contribution >= 4 is 22.6 Å².